The standard InChI is InChI=1S/C28H30ClFN2O4/c1-3-36-26-14-25(22(29)13-17(26)15-31-27(16(2)33)28(34)35)32-24-12-11-19-18(8-6-9-21(19)24)20-7-4-5-10-23(20)30/h4-10,13-14,16,24,27,31-33H,3,11-12,15H2,1-2H3,(H,34,35)/t16?,24-,27?/m0/s1. The summed E-state index contributed by atoms with van der Waals surface area (Å²) < 4.78 is 20.3. The number of aliphatic hydroxyl groups excluding tert-OH is 1. The van der Waals surface area contributed by atoms with Crippen LogP contribution in [0.15, 0.2) is 54.6 Å². The first-order valence-electron chi connectivity index (χ1n) is 12.0. The molecule has 0 spiro atoms. The van der Waals surface area contributed by atoms with Gasteiger partial charge >= 0.3 is 5.97 Å². The number of benzene rings is 3. The predicted octanol–water partition coefficient (Wildman–Crippen LogP) is 5.57. The molecule has 190 valence electrons. The molecule has 4 N–H and O–H groups in total. The van der Waals surface area contributed by atoms with Crippen LogP contribution in [0.1, 0.15) is 43.0 Å². The lowest BCUT2D eigenvalue weighted by Gasteiger charge is -2.21. The van der Waals surface area contributed by atoms with Gasteiger partial charge in [0.15, 0.2) is 0 Å². The molecule has 1 aliphatic rings. The van der Waals surface area contributed by atoms with Crippen LogP contribution < -0.4 is 15.4 Å². The zero-order chi connectivity index (χ0) is 25.8. The number of ether oxygens (including phenoxy) is 1. The Morgan fingerprint density at radius 1 is 1.19 bits per heavy atom. The summed E-state index contributed by atoms with van der Waals surface area (Å²) in [7, 11) is 0. The van der Waals surface area contributed by atoms with Gasteiger partial charge in [0.1, 0.15) is 17.6 Å². The summed E-state index contributed by atoms with van der Waals surface area (Å²) in [5, 5.41) is 25.9. The second kappa shape index (κ2) is 11.3. The number of anilines is 1. The minimum absolute atomic E-state index is 0.00527. The number of halogens is 2. The van der Waals surface area contributed by atoms with Crippen molar-refractivity contribution >= 4 is 23.3 Å². The van der Waals surface area contributed by atoms with Gasteiger partial charge in [0, 0.05) is 23.7 Å². The summed E-state index contributed by atoms with van der Waals surface area (Å²) in [6.45, 7) is 3.87. The number of carbonyl (C=O) groups is 1. The average Bonchev–Trinajstić information content (AvgIpc) is 3.25. The van der Waals surface area contributed by atoms with Crippen molar-refractivity contribution in [3.8, 4) is 16.9 Å². The summed E-state index contributed by atoms with van der Waals surface area (Å²) >= 11 is 6.63. The fourth-order valence-electron chi connectivity index (χ4n) is 4.74. The van der Waals surface area contributed by atoms with Crippen LogP contribution >= 0.6 is 11.6 Å². The highest BCUT2D eigenvalue weighted by atomic mass is 35.5. The topological polar surface area (TPSA) is 90.8 Å². The molecule has 0 aromatic heterocycles. The van der Waals surface area contributed by atoms with Crippen LogP contribution in [-0.2, 0) is 17.8 Å². The molecule has 3 aromatic carbocycles. The number of hydrogen-bond acceptors (Lipinski definition) is 5. The van der Waals surface area contributed by atoms with Crippen molar-refractivity contribution in [2.45, 2.75) is 51.4 Å². The molecule has 4 rings (SSSR count). The molecule has 0 aliphatic heterocycles. The van der Waals surface area contributed by atoms with Gasteiger partial charge in [-0.05, 0) is 55.5 Å². The van der Waals surface area contributed by atoms with Crippen LogP contribution in [0, 0.1) is 5.82 Å². The van der Waals surface area contributed by atoms with E-state index in [4.69, 9.17) is 16.3 Å². The number of aliphatic hydroxyl groups is 1. The van der Waals surface area contributed by atoms with E-state index in [9.17, 15) is 19.4 Å². The molecule has 0 fully saturated rings. The zero-order valence-electron chi connectivity index (χ0n) is 20.2. The molecule has 1 aliphatic carbocycles. The third-order valence-corrected chi connectivity index (χ3v) is 6.79. The Balaban J connectivity index is 1.59. The molecule has 0 bridgehead atoms. The van der Waals surface area contributed by atoms with Crippen molar-refractivity contribution in [1.29, 1.82) is 0 Å². The third-order valence-electron chi connectivity index (χ3n) is 6.48. The third kappa shape index (κ3) is 5.48. The Kier molecular flexibility index (Phi) is 8.14. The van der Waals surface area contributed by atoms with Gasteiger partial charge in [-0.2, -0.15) is 0 Å². The highest BCUT2D eigenvalue weighted by Gasteiger charge is 2.27. The van der Waals surface area contributed by atoms with Crippen molar-refractivity contribution in [3.63, 3.8) is 0 Å². The van der Waals surface area contributed by atoms with Crippen LogP contribution in [0.2, 0.25) is 5.02 Å². The van der Waals surface area contributed by atoms with Gasteiger partial charge in [-0.25, -0.2) is 4.39 Å². The number of fused-ring (bicyclic) bond motifs is 1. The summed E-state index contributed by atoms with van der Waals surface area (Å²) in [5.41, 5.74) is 5.12. The molecule has 2 unspecified atom stereocenters. The van der Waals surface area contributed by atoms with E-state index in [-0.39, 0.29) is 18.4 Å². The van der Waals surface area contributed by atoms with Gasteiger partial charge in [-0.15, -0.1) is 0 Å². The van der Waals surface area contributed by atoms with Crippen molar-refractivity contribution in [3.05, 3.63) is 82.1 Å². The van der Waals surface area contributed by atoms with E-state index in [1.54, 1.807) is 18.2 Å². The summed E-state index contributed by atoms with van der Waals surface area (Å²) in [4.78, 5) is 11.4. The first-order chi connectivity index (χ1) is 17.3. The van der Waals surface area contributed by atoms with Crippen molar-refractivity contribution in [2.24, 2.45) is 0 Å². The van der Waals surface area contributed by atoms with Gasteiger partial charge in [0.2, 0.25) is 0 Å². The first kappa shape index (κ1) is 25.9. The Bertz CT molecular complexity index is 1250. The van der Waals surface area contributed by atoms with Crippen LogP contribution in [0.25, 0.3) is 11.1 Å². The average molecular weight is 513 g/mol. The Morgan fingerprint density at radius 3 is 2.64 bits per heavy atom. The molecule has 0 radical (unpaired) electrons. The van der Waals surface area contributed by atoms with E-state index in [0.717, 1.165) is 29.5 Å². The maximum Gasteiger partial charge on any atom is 0.323 e. The lowest BCUT2D eigenvalue weighted by molar-refractivity contribution is -0.142. The number of aliphatic carboxylic acids is 1. The molecular formula is C28H30ClFN2O4. The minimum atomic E-state index is -1.14. The number of hydrogen-bond donors (Lipinski definition) is 4. The first-order valence-corrected chi connectivity index (χ1v) is 12.4. The molecule has 0 saturated heterocycles. The monoisotopic (exact) mass is 512 g/mol. The largest absolute Gasteiger partial charge is 0.493 e. The van der Waals surface area contributed by atoms with Gasteiger partial charge < -0.3 is 20.3 Å². The fraction of sp³-hybridized carbons (Fsp3) is 0.321. The highest BCUT2D eigenvalue weighted by Crippen LogP contribution is 2.42. The number of carboxylic acid groups (broad SMARTS) is 1. The quantitative estimate of drug-likeness (QED) is 0.284. The molecule has 0 saturated carbocycles. The fourth-order valence-corrected chi connectivity index (χ4v) is 4.98. The summed E-state index contributed by atoms with van der Waals surface area (Å²) in [6.07, 6.45) is 0.580. The molecule has 0 heterocycles. The van der Waals surface area contributed by atoms with Gasteiger partial charge in [-0.3, -0.25) is 10.1 Å². The Labute approximate surface area is 215 Å². The Morgan fingerprint density at radius 2 is 1.94 bits per heavy atom. The molecule has 8 heteroatoms. The van der Waals surface area contributed by atoms with Crippen LogP contribution in [0.5, 0.6) is 5.75 Å². The smallest absolute Gasteiger partial charge is 0.323 e. The predicted molar refractivity (Wildman–Crippen MR) is 139 cm³/mol. The SMILES string of the molecule is CCOc1cc(N[C@H]2CCc3c(-c4ccccc4F)cccc32)c(Cl)cc1CNC(C(=O)O)C(C)O. The maximum atomic E-state index is 14.5. The maximum absolute atomic E-state index is 14.5. The van der Waals surface area contributed by atoms with Crippen molar-refractivity contribution in [1.82, 2.24) is 5.32 Å². The van der Waals surface area contributed by atoms with E-state index in [1.165, 1.54) is 13.0 Å². The number of nitrogens with one attached hydrogen (secondary N) is 2. The van der Waals surface area contributed by atoms with E-state index >= 15 is 0 Å². The Hall–Kier alpha value is -3.13. The zero-order valence-corrected chi connectivity index (χ0v) is 21.0. The molecular weight excluding hydrogens is 483 g/mol. The number of carboxylic acids is 1. The molecule has 3 atom stereocenters. The second-order valence-corrected chi connectivity index (χ2v) is 9.31. The van der Waals surface area contributed by atoms with Gasteiger partial charge in [0.05, 0.1) is 29.5 Å². The minimum Gasteiger partial charge on any atom is -0.493 e. The van der Waals surface area contributed by atoms with Crippen molar-refractivity contribution in [2.75, 3.05) is 11.9 Å². The van der Waals surface area contributed by atoms with E-state index in [2.05, 4.69) is 16.7 Å². The lowest BCUT2D eigenvalue weighted by Crippen LogP contribution is -2.44. The normalized spacial score (nSPS) is 16.3. The lowest BCUT2D eigenvalue weighted by atomic mass is 9.96. The molecule has 0 amide bonds. The van der Waals surface area contributed by atoms with Gasteiger partial charge in [-0.1, -0.05) is 48.0 Å². The van der Waals surface area contributed by atoms with Crippen LogP contribution in [0.4, 0.5) is 10.1 Å². The number of rotatable bonds is 10. The molecule has 36 heavy (non-hydrogen) atoms. The van der Waals surface area contributed by atoms with Crippen LogP contribution in [0.3, 0.4) is 0 Å². The van der Waals surface area contributed by atoms with Crippen molar-refractivity contribution < 1.29 is 24.1 Å². The molecule has 6 nitrogen and oxygen atoms in total. The highest BCUT2D eigenvalue weighted by molar-refractivity contribution is 6.33. The van der Waals surface area contributed by atoms with E-state index in [1.807, 2.05) is 31.2 Å². The van der Waals surface area contributed by atoms with Crippen LogP contribution in [-0.4, -0.2) is 34.9 Å². The van der Waals surface area contributed by atoms with E-state index in [0.29, 0.717) is 34.2 Å². The summed E-state index contributed by atoms with van der Waals surface area (Å²) in [6, 6.07) is 15.2. The molecule has 3 aromatic rings. The summed E-state index contributed by atoms with van der Waals surface area (Å²) in [5.74, 6) is -0.802. The van der Waals surface area contributed by atoms with Gasteiger partial charge in [0.25, 0.3) is 0 Å². The second-order valence-electron chi connectivity index (χ2n) is 8.90. The van der Waals surface area contributed by atoms with E-state index < -0.39 is 18.1 Å².